The van der Waals surface area contributed by atoms with Gasteiger partial charge in [-0.3, -0.25) is 0 Å². The van der Waals surface area contributed by atoms with E-state index >= 15 is 0 Å². The lowest BCUT2D eigenvalue weighted by molar-refractivity contribution is 0.794. The molecule has 0 saturated carbocycles. The molecule has 5 aromatic rings. The number of aryl methyl sites for hydroxylation is 7. The first-order valence-corrected chi connectivity index (χ1v) is 15.7. The highest BCUT2D eigenvalue weighted by molar-refractivity contribution is 6.32. The second-order valence-corrected chi connectivity index (χ2v) is 12.3. The summed E-state index contributed by atoms with van der Waals surface area (Å²) >= 11 is 0. The zero-order chi connectivity index (χ0) is 30.7. The third-order valence-electron chi connectivity index (χ3n) is 8.38. The summed E-state index contributed by atoms with van der Waals surface area (Å²) in [5.41, 5.74) is 17.5. The van der Waals surface area contributed by atoms with Gasteiger partial charge in [0.15, 0.2) is 0 Å². The molecule has 3 heteroatoms. The van der Waals surface area contributed by atoms with Gasteiger partial charge in [0.2, 0.25) is 0 Å². The summed E-state index contributed by atoms with van der Waals surface area (Å²) in [4.78, 5) is 4.87. The maximum Gasteiger partial charge on any atom is 0.139 e. The highest BCUT2D eigenvalue weighted by Crippen LogP contribution is 2.44. The minimum Gasteiger partial charge on any atom is -0.310 e. The van der Waals surface area contributed by atoms with Gasteiger partial charge in [-0.1, -0.05) is 84.5 Å². The van der Waals surface area contributed by atoms with Crippen LogP contribution in [0.3, 0.4) is 0 Å². The topological polar surface area (TPSA) is 6.48 Å². The quantitative estimate of drug-likeness (QED) is 0.164. The van der Waals surface area contributed by atoms with Gasteiger partial charge in [0, 0.05) is 22.7 Å². The average molecular weight is 565 g/mol. The van der Waals surface area contributed by atoms with Gasteiger partial charge in [-0.25, -0.2) is 0 Å². The molecular formula is C40H45BN2. The predicted octanol–water partition coefficient (Wildman–Crippen LogP) is 10.1. The normalized spacial score (nSPS) is 11.0. The van der Waals surface area contributed by atoms with Crippen LogP contribution in [0, 0.1) is 41.5 Å². The molecule has 0 bridgehead atoms. The van der Waals surface area contributed by atoms with Crippen molar-refractivity contribution in [3.05, 3.63) is 136 Å². The Morgan fingerprint density at radius 3 is 1.35 bits per heavy atom. The van der Waals surface area contributed by atoms with Crippen molar-refractivity contribution in [2.75, 3.05) is 9.80 Å². The van der Waals surface area contributed by atoms with Crippen LogP contribution in [0.5, 0.6) is 0 Å². The first kappa shape index (κ1) is 30.2. The van der Waals surface area contributed by atoms with E-state index < -0.39 is 0 Å². The van der Waals surface area contributed by atoms with Crippen LogP contribution in [0.2, 0.25) is 0 Å². The molecule has 0 heterocycles. The summed E-state index contributed by atoms with van der Waals surface area (Å²) in [7, 11) is 2.18. The number of benzene rings is 5. The van der Waals surface area contributed by atoms with Crippen molar-refractivity contribution < 1.29 is 0 Å². The third kappa shape index (κ3) is 6.57. The SMILES string of the molecule is Bc1cc(C)c(N(c2ccc(C)cc2)c2cccc(N(c3ccc(C)cc3)c3c(C)cc(CCCC)cc3C)c2)c(C)c1. The molecule has 0 unspecified atom stereocenters. The van der Waals surface area contributed by atoms with Crippen LogP contribution in [0.4, 0.5) is 34.1 Å². The lowest BCUT2D eigenvalue weighted by atomic mass is 9.91. The number of anilines is 6. The summed E-state index contributed by atoms with van der Waals surface area (Å²) in [6.07, 6.45) is 3.55. The third-order valence-corrected chi connectivity index (χ3v) is 8.38. The van der Waals surface area contributed by atoms with Crippen LogP contribution in [0.25, 0.3) is 0 Å². The molecule has 0 atom stereocenters. The highest BCUT2D eigenvalue weighted by Gasteiger charge is 2.21. The number of rotatable bonds is 9. The molecule has 218 valence electrons. The number of nitrogens with zero attached hydrogens (tertiary/aromatic N) is 2. The number of hydrogen-bond acceptors (Lipinski definition) is 2. The molecule has 0 aromatic heterocycles. The van der Waals surface area contributed by atoms with Crippen molar-refractivity contribution in [3.63, 3.8) is 0 Å². The van der Waals surface area contributed by atoms with E-state index in [-0.39, 0.29) is 0 Å². The second-order valence-electron chi connectivity index (χ2n) is 12.3. The van der Waals surface area contributed by atoms with Crippen LogP contribution >= 0.6 is 0 Å². The molecule has 0 aliphatic heterocycles. The van der Waals surface area contributed by atoms with Gasteiger partial charge in [0.05, 0.1) is 11.4 Å². The van der Waals surface area contributed by atoms with Crippen molar-refractivity contribution in [3.8, 4) is 0 Å². The molecule has 0 spiro atoms. The van der Waals surface area contributed by atoms with Crippen LogP contribution < -0.4 is 15.3 Å². The van der Waals surface area contributed by atoms with Crippen LogP contribution in [0.15, 0.2) is 97.1 Å². The maximum atomic E-state index is 2.44. The summed E-state index contributed by atoms with van der Waals surface area (Å²) in [6.45, 7) is 15.5. The lowest BCUT2D eigenvalue weighted by Gasteiger charge is -2.32. The van der Waals surface area contributed by atoms with E-state index in [0.29, 0.717) is 0 Å². The van der Waals surface area contributed by atoms with Crippen molar-refractivity contribution >= 4 is 47.4 Å². The Bertz CT molecular complexity index is 1670. The fourth-order valence-corrected chi connectivity index (χ4v) is 6.42. The molecule has 0 radical (unpaired) electrons. The molecular weight excluding hydrogens is 519 g/mol. The van der Waals surface area contributed by atoms with Crippen molar-refractivity contribution in [2.24, 2.45) is 0 Å². The molecule has 0 amide bonds. The Hall–Kier alpha value is -4.24. The first-order chi connectivity index (χ1) is 20.7. The fraction of sp³-hybridized carbons (Fsp3) is 0.250. The molecule has 5 aromatic carbocycles. The second kappa shape index (κ2) is 13.0. The van der Waals surface area contributed by atoms with Crippen molar-refractivity contribution in [1.29, 1.82) is 0 Å². The van der Waals surface area contributed by atoms with Crippen LogP contribution in [0.1, 0.15) is 58.7 Å². The Balaban J connectivity index is 1.71. The maximum absolute atomic E-state index is 2.44. The lowest BCUT2D eigenvalue weighted by Crippen LogP contribution is -2.17. The standard InChI is InChI=1S/C40H45BN2/c1-8-9-11-33-22-29(4)39(30(5)23-33)42(35-18-14-27(2)15-19-35)37-12-10-13-38(26-37)43(36-20-16-28(3)17-21-36)40-31(6)24-34(41)25-32(40)7/h10,12-26H,8-9,11,41H2,1-7H3. The van der Waals surface area contributed by atoms with Gasteiger partial charge in [-0.05, 0) is 125 Å². The van der Waals surface area contributed by atoms with E-state index in [2.05, 4.69) is 163 Å². The Morgan fingerprint density at radius 2 is 0.930 bits per heavy atom. The van der Waals surface area contributed by atoms with E-state index in [1.54, 1.807) is 0 Å². The monoisotopic (exact) mass is 564 g/mol. The zero-order valence-corrected chi connectivity index (χ0v) is 27.3. The summed E-state index contributed by atoms with van der Waals surface area (Å²) < 4.78 is 0. The van der Waals surface area contributed by atoms with E-state index in [1.165, 1.54) is 74.3 Å². The largest absolute Gasteiger partial charge is 0.310 e. The molecule has 0 fully saturated rings. The smallest absolute Gasteiger partial charge is 0.139 e. The van der Waals surface area contributed by atoms with Gasteiger partial charge < -0.3 is 9.80 Å². The summed E-state index contributed by atoms with van der Waals surface area (Å²) in [6, 6.07) is 36.2. The van der Waals surface area contributed by atoms with Crippen LogP contribution in [-0.2, 0) is 6.42 Å². The Morgan fingerprint density at radius 1 is 0.512 bits per heavy atom. The predicted molar refractivity (Wildman–Crippen MR) is 191 cm³/mol. The molecule has 43 heavy (non-hydrogen) atoms. The number of unbranched alkanes of at least 4 members (excludes halogenated alkanes) is 1. The zero-order valence-electron chi connectivity index (χ0n) is 27.3. The Labute approximate surface area is 260 Å². The molecule has 5 rings (SSSR count). The van der Waals surface area contributed by atoms with Gasteiger partial charge in [-0.2, -0.15) is 0 Å². The minimum atomic E-state index is 1.12. The highest BCUT2D eigenvalue weighted by atomic mass is 15.2. The minimum absolute atomic E-state index is 1.12. The molecule has 2 nitrogen and oxygen atoms in total. The van der Waals surface area contributed by atoms with E-state index in [0.717, 1.165) is 23.5 Å². The van der Waals surface area contributed by atoms with E-state index in [9.17, 15) is 0 Å². The fourth-order valence-electron chi connectivity index (χ4n) is 6.42. The first-order valence-electron chi connectivity index (χ1n) is 15.7. The van der Waals surface area contributed by atoms with Gasteiger partial charge in [0.1, 0.15) is 7.85 Å². The van der Waals surface area contributed by atoms with Gasteiger partial charge in [0.25, 0.3) is 0 Å². The van der Waals surface area contributed by atoms with Crippen LogP contribution in [-0.4, -0.2) is 7.85 Å². The molecule has 0 aliphatic carbocycles. The molecule has 0 saturated heterocycles. The van der Waals surface area contributed by atoms with Crippen molar-refractivity contribution in [2.45, 2.75) is 67.7 Å². The van der Waals surface area contributed by atoms with Gasteiger partial charge >= 0.3 is 0 Å². The van der Waals surface area contributed by atoms with E-state index in [1.807, 2.05) is 0 Å². The van der Waals surface area contributed by atoms with E-state index in [4.69, 9.17) is 0 Å². The summed E-state index contributed by atoms with van der Waals surface area (Å²) in [5.74, 6) is 0. The molecule has 0 N–H and O–H groups in total. The molecule has 0 aliphatic rings. The average Bonchev–Trinajstić information content (AvgIpc) is 2.97. The van der Waals surface area contributed by atoms with Gasteiger partial charge in [-0.15, -0.1) is 0 Å². The van der Waals surface area contributed by atoms with Crippen molar-refractivity contribution in [1.82, 2.24) is 0 Å². The Kier molecular flexibility index (Phi) is 9.11. The summed E-state index contributed by atoms with van der Waals surface area (Å²) in [5, 5.41) is 0. The number of hydrogen-bond donors (Lipinski definition) is 0.